The fourth-order valence-electron chi connectivity index (χ4n) is 6.12. The van der Waals surface area contributed by atoms with Crippen LogP contribution in [0.2, 0.25) is 0 Å². The van der Waals surface area contributed by atoms with Crippen LogP contribution < -0.4 is 4.74 Å². The summed E-state index contributed by atoms with van der Waals surface area (Å²) in [6, 6.07) is 7.59. The van der Waals surface area contributed by atoms with Crippen LogP contribution in [0.3, 0.4) is 0 Å². The van der Waals surface area contributed by atoms with E-state index in [0.717, 1.165) is 17.7 Å². The van der Waals surface area contributed by atoms with Gasteiger partial charge in [-0.2, -0.15) is 0 Å². The van der Waals surface area contributed by atoms with Crippen LogP contribution >= 0.6 is 0 Å². The molecule has 1 atom stereocenters. The molecule has 3 nitrogen and oxygen atoms in total. The number of quaternary nitrogens is 1. The Labute approximate surface area is 172 Å². The summed E-state index contributed by atoms with van der Waals surface area (Å²) in [5, 5.41) is 0. The SMILES string of the molecule is COc1cccc2c1CCCC2CCC[N+]1(C)CCN(C2CCCCC2)CC1. The lowest BCUT2D eigenvalue weighted by Crippen LogP contribution is -2.59. The summed E-state index contributed by atoms with van der Waals surface area (Å²) < 4.78 is 6.92. The second kappa shape index (κ2) is 9.17. The molecule has 1 aromatic rings. The summed E-state index contributed by atoms with van der Waals surface area (Å²) in [5.74, 6) is 1.86. The molecule has 3 aliphatic rings. The summed E-state index contributed by atoms with van der Waals surface area (Å²) in [7, 11) is 4.33. The zero-order valence-electron chi connectivity index (χ0n) is 18.3. The van der Waals surface area contributed by atoms with Gasteiger partial charge in [0.05, 0.1) is 33.8 Å². The van der Waals surface area contributed by atoms with E-state index >= 15 is 0 Å². The van der Waals surface area contributed by atoms with Gasteiger partial charge in [-0.15, -0.1) is 0 Å². The fourth-order valence-corrected chi connectivity index (χ4v) is 6.12. The zero-order valence-corrected chi connectivity index (χ0v) is 18.3. The summed E-state index contributed by atoms with van der Waals surface area (Å²) >= 11 is 0. The first-order valence-electron chi connectivity index (χ1n) is 11.9. The molecule has 0 N–H and O–H groups in total. The van der Waals surface area contributed by atoms with Gasteiger partial charge < -0.3 is 9.22 Å². The molecule has 4 rings (SSSR count). The Bertz CT molecular complexity index is 629. The lowest BCUT2D eigenvalue weighted by Gasteiger charge is -2.45. The maximum atomic E-state index is 5.63. The second-order valence-corrected chi connectivity index (χ2v) is 9.88. The highest BCUT2D eigenvalue weighted by atomic mass is 16.5. The molecule has 2 aliphatic carbocycles. The van der Waals surface area contributed by atoms with E-state index in [4.69, 9.17) is 4.74 Å². The minimum atomic E-state index is 0.744. The smallest absolute Gasteiger partial charge is 0.122 e. The van der Waals surface area contributed by atoms with Crippen molar-refractivity contribution in [2.75, 3.05) is 46.9 Å². The summed E-state index contributed by atoms with van der Waals surface area (Å²) in [5.41, 5.74) is 3.07. The number of benzene rings is 1. The molecule has 1 aliphatic heterocycles. The molecule has 1 saturated carbocycles. The molecule has 156 valence electrons. The number of nitrogens with zero attached hydrogens (tertiary/aromatic N) is 2. The predicted molar refractivity (Wildman–Crippen MR) is 117 cm³/mol. The largest absolute Gasteiger partial charge is 0.496 e. The Morgan fingerprint density at radius 3 is 2.57 bits per heavy atom. The van der Waals surface area contributed by atoms with Gasteiger partial charge in [-0.3, -0.25) is 4.90 Å². The third kappa shape index (κ3) is 4.57. The number of hydrogen-bond donors (Lipinski definition) is 0. The molecule has 1 aromatic carbocycles. The average molecular weight is 386 g/mol. The molecule has 2 fully saturated rings. The van der Waals surface area contributed by atoms with E-state index < -0.39 is 0 Å². The van der Waals surface area contributed by atoms with Crippen LogP contribution in [-0.2, 0) is 6.42 Å². The van der Waals surface area contributed by atoms with E-state index in [1.807, 2.05) is 7.11 Å². The molecule has 0 radical (unpaired) electrons. The Morgan fingerprint density at radius 1 is 1.04 bits per heavy atom. The maximum Gasteiger partial charge on any atom is 0.122 e. The van der Waals surface area contributed by atoms with Gasteiger partial charge in [-0.1, -0.05) is 31.4 Å². The molecular formula is C25H41N2O+. The van der Waals surface area contributed by atoms with Gasteiger partial charge in [0.1, 0.15) is 5.75 Å². The first-order chi connectivity index (χ1) is 13.7. The number of methoxy groups -OCH3 is 1. The lowest BCUT2D eigenvalue weighted by molar-refractivity contribution is -0.914. The van der Waals surface area contributed by atoms with Crippen LogP contribution in [0, 0.1) is 0 Å². The number of ether oxygens (including phenoxy) is 1. The minimum absolute atomic E-state index is 0.744. The van der Waals surface area contributed by atoms with Crippen molar-refractivity contribution < 1.29 is 9.22 Å². The molecule has 1 unspecified atom stereocenters. The highest BCUT2D eigenvalue weighted by molar-refractivity contribution is 5.43. The fraction of sp³-hybridized carbons (Fsp3) is 0.760. The normalized spacial score (nSPS) is 26.0. The molecule has 3 heteroatoms. The molecule has 0 amide bonds. The van der Waals surface area contributed by atoms with Gasteiger partial charge in [0.2, 0.25) is 0 Å². The van der Waals surface area contributed by atoms with Crippen molar-refractivity contribution >= 4 is 0 Å². The topological polar surface area (TPSA) is 12.5 Å². The second-order valence-electron chi connectivity index (χ2n) is 9.88. The third-order valence-electron chi connectivity index (χ3n) is 8.00. The van der Waals surface area contributed by atoms with E-state index in [1.54, 1.807) is 5.56 Å². The Hall–Kier alpha value is -1.06. The van der Waals surface area contributed by atoms with Crippen LogP contribution in [0.4, 0.5) is 0 Å². The average Bonchev–Trinajstić information content (AvgIpc) is 2.74. The van der Waals surface area contributed by atoms with Crippen molar-refractivity contribution in [2.45, 2.75) is 76.2 Å². The summed E-state index contributed by atoms with van der Waals surface area (Å²) in [4.78, 5) is 2.82. The Morgan fingerprint density at radius 2 is 1.82 bits per heavy atom. The molecular weight excluding hydrogens is 344 g/mol. The Kier molecular flexibility index (Phi) is 6.62. The van der Waals surface area contributed by atoms with Gasteiger partial charge >= 0.3 is 0 Å². The van der Waals surface area contributed by atoms with Gasteiger partial charge in [0.25, 0.3) is 0 Å². The van der Waals surface area contributed by atoms with E-state index in [2.05, 4.69) is 30.1 Å². The van der Waals surface area contributed by atoms with Crippen LogP contribution in [0.15, 0.2) is 18.2 Å². The molecule has 1 saturated heterocycles. The van der Waals surface area contributed by atoms with Gasteiger partial charge in [-0.25, -0.2) is 0 Å². The van der Waals surface area contributed by atoms with Crippen LogP contribution in [-0.4, -0.2) is 62.3 Å². The predicted octanol–water partition coefficient (Wildman–Crippen LogP) is 4.99. The number of fused-ring (bicyclic) bond motifs is 1. The van der Waals surface area contributed by atoms with Crippen molar-refractivity contribution in [1.29, 1.82) is 0 Å². The lowest BCUT2D eigenvalue weighted by atomic mass is 9.80. The quantitative estimate of drug-likeness (QED) is 0.640. The van der Waals surface area contributed by atoms with Crippen LogP contribution in [0.1, 0.15) is 74.8 Å². The van der Waals surface area contributed by atoms with E-state index in [0.29, 0.717) is 0 Å². The number of rotatable bonds is 6. The van der Waals surface area contributed by atoms with E-state index in [1.165, 1.54) is 107 Å². The van der Waals surface area contributed by atoms with E-state index in [-0.39, 0.29) is 0 Å². The van der Waals surface area contributed by atoms with E-state index in [9.17, 15) is 0 Å². The summed E-state index contributed by atoms with van der Waals surface area (Å²) in [6.07, 6.45) is 13.9. The van der Waals surface area contributed by atoms with Crippen molar-refractivity contribution in [2.24, 2.45) is 0 Å². The molecule has 1 heterocycles. The maximum absolute atomic E-state index is 5.63. The molecule has 28 heavy (non-hydrogen) atoms. The molecule has 0 aromatic heterocycles. The number of piperazine rings is 1. The first kappa shape index (κ1) is 20.2. The number of likely N-dealkylation sites (N-methyl/N-ethyl adjacent to an activating group) is 1. The van der Waals surface area contributed by atoms with Crippen LogP contribution in [0.5, 0.6) is 5.75 Å². The molecule has 0 bridgehead atoms. The number of hydrogen-bond acceptors (Lipinski definition) is 2. The molecule has 0 spiro atoms. The zero-order chi connectivity index (χ0) is 19.4. The van der Waals surface area contributed by atoms with Crippen molar-refractivity contribution in [1.82, 2.24) is 4.90 Å². The van der Waals surface area contributed by atoms with Gasteiger partial charge in [0, 0.05) is 19.1 Å². The van der Waals surface area contributed by atoms with Crippen molar-refractivity contribution in [3.8, 4) is 5.75 Å². The standard InChI is InChI=1S/C25H41N2O/c1-27(19-16-26(17-20-27)22-11-4-3-5-12-22)18-8-10-21-9-6-14-24-23(21)13-7-15-25(24)28-2/h7,13,15,21-22H,3-6,8-12,14,16-20H2,1-2H3/q+1. The minimum Gasteiger partial charge on any atom is -0.496 e. The van der Waals surface area contributed by atoms with Crippen molar-refractivity contribution in [3.63, 3.8) is 0 Å². The van der Waals surface area contributed by atoms with Gasteiger partial charge in [0.15, 0.2) is 0 Å². The van der Waals surface area contributed by atoms with Gasteiger partial charge in [-0.05, 0) is 68.1 Å². The first-order valence-corrected chi connectivity index (χ1v) is 11.9. The van der Waals surface area contributed by atoms with Crippen LogP contribution in [0.25, 0.3) is 0 Å². The monoisotopic (exact) mass is 385 g/mol. The Balaban J connectivity index is 1.27. The highest BCUT2D eigenvalue weighted by Crippen LogP contribution is 2.39. The summed E-state index contributed by atoms with van der Waals surface area (Å²) in [6.45, 7) is 6.71. The highest BCUT2D eigenvalue weighted by Gasteiger charge is 2.32. The van der Waals surface area contributed by atoms with Crippen molar-refractivity contribution in [3.05, 3.63) is 29.3 Å². The third-order valence-corrected chi connectivity index (χ3v) is 8.00.